The van der Waals surface area contributed by atoms with Gasteiger partial charge in [0.1, 0.15) is 11.5 Å². The van der Waals surface area contributed by atoms with Gasteiger partial charge in [0.25, 0.3) is 0 Å². The van der Waals surface area contributed by atoms with Gasteiger partial charge < -0.3 is 19.3 Å². The van der Waals surface area contributed by atoms with E-state index in [-0.39, 0.29) is 11.9 Å². The van der Waals surface area contributed by atoms with Gasteiger partial charge in [0, 0.05) is 50.0 Å². The zero-order valence-electron chi connectivity index (χ0n) is 18.8. The first-order chi connectivity index (χ1) is 15.1. The Labute approximate surface area is 185 Å². The number of hydrogen-bond donors (Lipinski definition) is 0. The van der Waals surface area contributed by atoms with E-state index in [0.29, 0.717) is 6.54 Å². The molecule has 0 bridgehead atoms. The summed E-state index contributed by atoms with van der Waals surface area (Å²) in [7, 11) is 3.33. The second kappa shape index (κ2) is 9.60. The van der Waals surface area contributed by atoms with Crippen molar-refractivity contribution in [2.24, 2.45) is 0 Å². The third-order valence-corrected chi connectivity index (χ3v) is 6.47. The Bertz CT molecular complexity index is 909. The highest BCUT2D eigenvalue weighted by atomic mass is 16.5. The third-order valence-electron chi connectivity index (χ3n) is 6.47. The fourth-order valence-corrected chi connectivity index (χ4v) is 4.75. The molecule has 31 heavy (non-hydrogen) atoms. The van der Waals surface area contributed by atoms with Gasteiger partial charge in [-0.25, -0.2) is 0 Å². The number of carbonyl (C=O) groups excluding carboxylic acids is 1. The van der Waals surface area contributed by atoms with Crippen LogP contribution in [0.3, 0.4) is 0 Å². The van der Waals surface area contributed by atoms with Gasteiger partial charge in [0.15, 0.2) is 0 Å². The number of aryl methyl sites for hydroxylation is 1. The average molecular weight is 424 g/mol. The molecule has 0 aliphatic carbocycles. The lowest BCUT2D eigenvalue weighted by molar-refractivity contribution is -0.133. The van der Waals surface area contributed by atoms with Crippen molar-refractivity contribution in [2.75, 3.05) is 58.4 Å². The van der Waals surface area contributed by atoms with Crippen molar-refractivity contribution in [3.8, 4) is 11.5 Å². The zero-order chi connectivity index (χ0) is 21.8. The van der Waals surface area contributed by atoms with Gasteiger partial charge in [-0.3, -0.25) is 9.69 Å². The van der Waals surface area contributed by atoms with Crippen molar-refractivity contribution in [3.05, 3.63) is 53.6 Å². The van der Waals surface area contributed by atoms with E-state index in [4.69, 9.17) is 9.47 Å². The number of amides is 1. The van der Waals surface area contributed by atoms with Crippen LogP contribution in [0.25, 0.3) is 0 Å². The largest absolute Gasteiger partial charge is 0.497 e. The van der Waals surface area contributed by atoms with Gasteiger partial charge in [-0.2, -0.15) is 0 Å². The van der Waals surface area contributed by atoms with Gasteiger partial charge in [0.2, 0.25) is 5.91 Å². The molecule has 2 aliphatic rings. The van der Waals surface area contributed by atoms with Crippen LogP contribution in [0.15, 0.2) is 42.5 Å². The molecule has 2 aliphatic heterocycles. The van der Waals surface area contributed by atoms with Gasteiger partial charge in [-0.1, -0.05) is 12.1 Å². The summed E-state index contributed by atoms with van der Waals surface area (Å²) < 4.78 is 10.9. The van der Waals surface area contributed by atoms with Gasteiger partial charge in [-0.05, 0) is 49.6 Å². The van der Waals surface area contributed by atoms with E-state index in [1.54, 1.807) is 14.2 Å². The lowest BCUT2D eigenvalue weighted by Crippen LogP contribution is -2.50. The Balaban J connectivity index is 1.37. The molecule has 2 saturated heterocycles. The number of ether oxygens (including phenoxy) is 2. The second-order valence-corrected chi connectivity index (χ2v) is 8.46. The van der Waals surface area contributed by atoms with Crippen LogP contribution >= 0.6 is 0 Å². The van der Waals surface area contributed by atoms with E-state index >= 15 is 0 Å². The number of piperazine rings is 1. The number of likely N-dealkylation sites (tertiary alicyclic amines) is 1. The topological polar surface area (TPSA) is 45.2 Å². The normalized spacial score (nSPS) is 19.5. The van der Waals surface area contributed by atoms with Crippen LogP contribution in [0, 0.1) is 6.92 Å². The van der Waals surface area contributed by atoms with E-state index in [1.165, 1.54) is 11.3 Å². The Morgan fingerprint density at radius 1 is 1.00 bits per heavy atom. The minimum absolute atomic E-state index is 0.0712. The van der Waals surface area contributed by atoms with E-state index in [9.17, 15) is 4.79 Å². The summed E-state index contributed by atoms with van der Waals surface area (Å²) in [6.07, 6.45) is 1.99. The van der Waals surface area contributed by atoms with Gasteiger partial charge in [-0.15, -0.1) is 0 Å². The first-order valence-electron chi connectivity index (χ1n) is 11.1. The molecule has 0 radical (unpaired) electrons. The first kappa shape index (κ1) is 21.5. The summed E-state index contributed by atoms with van der Waals surface area (Å²) in [6.45, 7) is 7.13. The van der Waals surface area contributed by atoms with Gasteiger partial charge in [0.05, 0.1) is 26.8 Å². The molecule has 4 rings (SSSR count). The zero-order valence-corrected chi connectivity index (χ0v) is 18.8. The van der Waals surface area contributed by atoms with Crippen molar-refractivity contribution < 1.29 is 14.3 Å². The third kappa shape index (κ3) is 4.79. The maximum Gasteiger partial charge on any atom is 0.237 e. The number of nitrogens with zero attached hydrogens (tertiary/aromatic N) is 3. The molecule has 0 spiro atoms. The molecular formula is C25H33N3O3. The number of hydrogen-bond acceptors (Lipinski definition) is 5. The van der Waals surface area contributed by atoms with Crippen LogP contribution in [-0.4, -0.2) is 69.2 Å². The molecule has 6 heteroatoms. The molecule has 2 aromatic carbocycles. The SMILES string of the molecule is COc1ccc(C2CCCN2C(=O)CN2CCN(c3cccc(C)c3)CC2)c(OC)c1. The second-order valence-electron chi connectivity index (χ2n) is 8.46. The summed E-state index contributed by atoms with van der Waals surface area (Å²) in [5.74, 6) is 1.77. The molecular weight excluding hydrogens is 390 g/mol. The van der Waals surface area contributed by atoms with Crippen molar-refractivity contribution >= 4 is 11.6 Å². The Kier molecular flexibility index (Phi) is 6.66. The molecule has 0 N–H and O–H groups in total. The highest BCUT2D eigenvalue weighted by Gasteiger charge is 2.33. The van der Waals surface area contributed by atoms with Crippen LogP contribution in [-0.2, 0) is 4.79 Å². The summed E-state index contributed by atoms with van der Waals surface area (Å²) >= 11 is 0. The van der Waals surface area contributed by atoms with Crippen molar-refractivity contribution in [2.45, 2.75) is 25.8 Å². The predicted molar refractivity (Wildman–Crippen MR) is 123 cm³/mol. The molecule has 6 nitrogen and oxygen atoms in total. The highest BCUT2D eigenvalue weighted by Crippen LogP contribution is 2.38. The van der Waals surface area contributed by atoms with Crippen molar-refractivity contribution in [3.63, 3.8) is 0 Å². The Morgan fingerprint density at radius 3 is 2.52 bits per heavy atom. The molecule has 0 aromatic heterocycles. The molecule has 1 amide bonds. The number of benzene rings is 2. The number of methoxy groups -OCH3 is 2. The molecule has 166 valence electrons. The summed E-state index contributed by atoms with van der Waals surface area (Å²) in [4.78, 5) is 20.0. The predicted octanol–water partition coefficient (Wildman–Crippen LogP) is 3.50. The maximum absolute atomic E-state index is 13.2. The monoisotopic (exact) mass is 423 g/mol. The Hall–Kier alpha value is -2.73. The summed E-state index contributed by atoms with van der Waals surface area (Å²) in [5, 5.41) is 0. The highest BCUT2D eigenvalue weighted by molar-refractivity contribution is 5.79. The first-order valence-corrected chi connectivity index (χ1v) is 11.1. The number of anilines is 1. The van der Waals surface area contributed by atoms with Crippen LogP contribution < -0.4 is 14.4 Å². The lowest BCUT2D eigenvalue weighted by atomic mass is 10.0. The summed E-state index contributed by atoms with van der Waals surface area (Å²) in [6, 6.07) is 14.6. The fraction of sp³-hybridized carbons (Fsp3) is 0.480. The van der Waals surface area contributed by atoms with Crippen LogP contribution in [0.4, 0.5) is 5.69 Å². The van der Waals surface area contributed by atoms with E-state index in [0.717, 1.165) is 62.6 Å². The fourth-order valence-electron chi connectivity index (χ4n) is 4.75. The summed E-state index contributed by atoms with van der Waals surface area (Å²) in [5.41, 5.74) is 3.62. The standard InChI is InChI=1S/C25H33N3O3/c1-19-6-4-7-20(16-19)27-14-12-26(13-15-27)18-25(29)28-11-5-8-23(28)22-10-9-21(30-2)17-24(22)31-3/h4,6-7,9-10,16-17,23H,5,8,11-15,18H2,1-3H3. The smallest absolute Gasteiger partial charge is 0.237 e. The van der Waals surface area contributed by atoms with E-state index < -0.39 is 0 Å². The lowest BCUT2D eigenvalue weighted by Gasteiger charge is -2.37. The van der Waals surface area contributed by atoms with E-state index in [2.05, 4.69) is 41.0 Å². The minimum Gasteiger partial charge on any atom is -0.497 e. The van der Waals surface area contributed by atoms with Crippen LogP contribution in [0.5, 0.6) is 11.5 Å². The quantitative estimate of drug-likeness (QED) is 0.712. The molecule has 2 aromatic rings. The maximum atomic E-state index is 13.2. The van der Waals surface area contributed by atoms with Crippen LogP contribution in [0.1, 0.15) is 30.0 Å². The van der Waals surface area contributed by atoms with Crippen molar-refractivity contribution in [1.29, 1.82) is 0 Å². The number of carbonyl (C=O) groups is 1. The van der Waals surface area contributed by atoms with Gasteiger partial charge >= 0.3 is 0 Å². The average Bonchev–Trinajstić information content (AvgIpc) is 3.29. The Morgan fingerprint density at radius 2 is 1.81 bits per heavy atom. The molecule has 1 atom stereocenters. The molecule has 0 saturated carbocycles. The molecule has 2 heterocycles. The van der Waals surface area contributed by atoms with Crippen LogP contribution in [0.2, 0.25) is 0 Å². The van der Waals surface area contributed by atoms with E-state index in [1.807, 2.05) is 23.1 Å². The number of rotatable bonds is 6. The minimum atomic E-state index is 0.0712. The molecule has 2 fully saturated rings. The molecule has 1 unspecified atom stereocenters. The van der Waals surface area contributed by atoms with Crippen molar-refractivity contribution in [1.82, 2.24) is 9.80 Å².